The molecule has 1 fully saturated rings. The van der Waals surface area contributed by atoms with Gasteiger partial charge in [0.2, 0.25) is 0 Å². The highest BCUT2D eigenvalue weighted by Crippen LogP contribution is 2.19. The van der Waals surface area contributed by atoms with E-state index in [1.54, 1.807) is 0 Å². The summed E-state index contributed by atoms with van der Waals surface area (Å²) in [5.41, 5.74) is -1.21. The second kappa shape index (κ2) is 3.59. The molecule has 1 aliphatic rings. The van der Waals surface area contributed by atoms with Crippen molar-refractivity contribution < 1.29 is 25.2 Å². The van der Waals surface area contributed by atoms with Crippen LogP contribution in [0.1, 0.15) is 6.42 Å². The molecule has 0 saturated carbocycles. The maximum Gasteiger partial charge on any atom is 0.252 e. The lowest BCUT2D eigenvalue weighted by atomic mass is 9.87. The van der Waals surface area contributed by atoms with E-state index in [0.29, 0.717) is 0 Å². The number of amides is 1. The molecule has 5 N–H and O–H groups in total. The molecule has 0 spiro atoms. The third-order valence-corrected chi connectivity index (χ3v) is 2.23. The number of aliphatic hydroxyl groups excluding tert-OH is 4. The van der Waals surface area contributed by atoms with Gasteiger partial charge >= 0.3 is 0 Å². The summed E-state index contributed by atoms with van der Waals surface area (Å²) in [5.74, 6) is -0.776. The van der Waals surface area contributed by atoms with Crippen LogP contribution < -0.4 is 5.32 Å². The van der Waals surface area contributed by atoms with Crippen LogP contribution in [0, 0.1) is 0 Å². The summed E-state index contributed by atoms with van der Waals surface area (Å²) in [4.78, 5) is 11.0. The summed E-state index contributed by atoms with van der Waals surface area (Å²) < 4.78 is 0. The molecule has 1 heterocycles. The standard InChI is InChI=1S/C7H13NO5/c9-2-7(3-10)1-4(11)5(12)6(13)8-7/h4-5,9-12H,1-3H2,(H,8,13)/t4-,5+/m0/s1. The minimum absolute atomic E-state index is 0.0626. The van der Waals surface area contributed by atoms with Crippen molar-refractivity contribution in [2.24, 2.45) is 0 Å². The number of piperidine rings is 1. The van der Waals surface area contributed by atoms with Crippen molar-refractivity contribution in [1.29, 1.82) is 0 Å². The molecule has 0 aliphatic carbocycles. The van der Waals surface area contributed by atoms with Gasteiger partial charge in [0.1, 0.15) is 0 Å². The molecular weight excluding hydrogens is 178 g/mol. The Morgan fingerprint density at radius 2 is 1.92 bits per heavy atom. The molecule has 76 valence electrons. The van der Waals surface area contributed by atoms with Crippen LogP contribution in [0.5, 0.6) is 0 Å². The number of hydrogen-bond acceptors (Lipinski definition) is 5. The van der Waals surface area contributed by atoms with Gasteiger partial charge in [-0.3, -0.25) is 4.79 Å². The van der Waals surface area contributed by atoms with E-state index in [2.05, 4.69) is 5.32 Å². The van der Waals surface area contributed by atoms with Crippen LogP contribution in [0.2, 0.25) is 0 Å². The monoisotopic (exact) mass is 191 g/mol. The topological polar surface area (TPSA) is 110 Å². The summed E-state index contributed by atoms with van der Waals surface area (Å²) in [5, 5.41) is 38.3. The molecule has 0 aromatic carbocycles. The van der Waals surface area contributed by atoms with E-state index in [9.17, 15) is 9.90 Å². The van der Waals surface area contributed by atoms with Crippen LogP contribution in [0.15, 0.2) is 0 Å². The first-order chi connectivity index (χ1) is 6.04. The number of aliphatic hydroxyl groups is 4. The first-order valence-electron chi connectivity index (χ1n) is 3.94. The minimum Gasteiger partial charge on any atom is -0.394 e. The van der Waals surface area contributed by atoms with E-state index in [-0.39, 0.29) is 6.42 Å². The van der Waals surface area contributed by atoms with E-state index in [4.69, 9.17) is 15.3 Å². The van der Waals surface area contributed by atoms with Crippen LogP contribution >= 0.6 is 0 Å². The SMILES string of the molecule is O=C1NC(CO)(CO)C[C@H](O)[C@H]1O. The molecule has 6 heteroatoms. The lowest BCUT2D eigenvalue weighted by Crippen LogP contribution is -2.65. The minimum atomic E-state index is -1.48. The summed E-state index contributed by atoms with van der Waals surface area (Å²) in [6.45, 7) is -0.946. The maximum atomic E-state index is 11.0. The summed E-state index contributed by atoms with van der Waals surface area (Å²) in [6, 6.07) is 0. The highest BCUT2D eigenvalue weighted by Gasteiger charge is 2.43. The molecule has 0 unspecified atom stereocenters. The number of nitrogens with one attached hydrogen (secondary N) is 1. The molecule has 0 aromatic rings. The number of carbonyl (C=O) groups is 1. The van der Waals surface area contributed by atoms with Gasteiger partial charge in [0.15, 0.2) is 6.10 Å². The summed E-state index contributed by atoms with van der Waals surface area (Å²) in [7, 11) is 0. The van der Waals surface area contributed by atoms with Crippen molar-refractivity contribution in [1.82, 2.24) is 5.32 Å². The molecule has 0 bridgehead atoms. The molecule has 0 aromatic heterocycles. The van der Waals surface area contributed by atoms with Crippen LogP contribution in [0.4, 0.5) is 0 Å². The van der Waals surface area contributed by atoms with Gasteiger partial charge in [-0.05, 0) is 0 Å². The highest BCUT2D eigenvalue weighted by atomic mass is 16.3. The Kier molecular flexibility index (Phi) is 2.87. The summed E-state index contributed by atoms with van der Waals surface area (Å²) >= 11 is 0. The maximum absolute atomic E-state index is 11.0. The Hall–Kier alpha value is -0.690. The van der Waals surface area contributed by atoms with Crippen LogP contribution in [-0.2, 0) is 4.79 Å². The van der Waals surface area contributed by atoms with Crippen molar-refractivity contribution in [3.63, 3.8) is 0 Å². The van der Waals surface area contributed by atoms with E-state index >= 15 is 0 Å². The zero-order valence-corrected chi connectivity index (χ0v) is 6.97. The zero-order chi connectivity index (χ0) is 10.1. The smallest absolute Gasteiger partial charge is 0.252 e. The fourth-order valence-electron chi connectivity index (χ4n) is 1.33. The summed E-state index contributed by atoms with van der Waals surface area (Å²) in [6.07, 6.45) is -2.79. The largest absolute Gasteiger partial charge is 0.394 e. The molecule has 6 nitrogen and oxygen atoms in total. The lowest BCUT2D eigenvalue weighted by molar-refractivity contribution is -0.148. The van der Waals surface area contributed by atoms with Crippen molar-refractivity contribution >= 4 is 5.91 Å². The fourth-order valence-corrected chi connectivity index (χ4v) is 1.33. The Balaban J connectivity index is 2.77. The third-order valence-electron chi connectivity index (χ3n) is 2.23. The number of hydrogen-bond donors (Lipinski definition) is 5. The molecule has 1 rings (SSSR count). The Morgan fingerprint density at radius 1 is 1.38 bits per heavy atom. The fraction of sp³-hybridized carbons (Fsp3) is 0.857. The first kappa shape index (κ1) is 10.4. The Morgan fingerprint density at radius 3 is 2.31 bits per heavy atom. The van der Waals surface area contributed by atoms with Crippen LogP contribution in [-0.4, -0.2) is 57.3 Å². The van der Waals surface area contributed by atoms with Gasteiger partial charge in [0, 0.05) is 6.42 Å². The van der Waals surface area contributed by atoms with Crippen molar-refractivity contribution in [3.8, 4) is 0 Å². The first-order valence-corrected chi connectivity index (χ1v) is 3.94. The Labute approximate surface area is 74.8 Å². The molecule has 0 radical (unpaired) electrons. The van der Waals surface area contributed by atoms with Crippen molar-refractivity contribution in [2.75, 3.05) is 13.2 Å². The molecule has 1 saturated heterocycles. The number of carbonyl (C=O) groups excluding carboxylic acids is 1. The van der Waals surface area contributed by atoms with Gasteiger partial charge in [-0.25, -0.2) is 0 Å². The molecule has 13 heavy (non-hydrogen) atoms. The molecule has 1 aliphatic heterocycles. The third kappa shape index (κ3) is 1.80. The lowest BCUT2D eigenvalue weighted by Gasteiger charge is -2.39. The van der Waals surface area contributed by atoms with Gasteiger partial charge in [-0.2, -0.15) is 0 Å². The zero-order valence-electron chi connectivity index (χ0n) is 6.97. The predicted molar refractivity (Wildman–Crippen MR) is 41.7 cm³/mol. The van der Waals surface area contributed by atoms with Gasteiger partial charge in [-0.1, -0.05) is 0 Å². The van der Waals surface area contributed by atoms with Gasteiger partial charge in [-0.15, -0.1) is 0 Å². The van der Waals surface area contributed by atoms with Crippen LogP contribution in [0.3, 0.4) is 0 Å². The van der Waals surface area contributed by atoms with E-state index < -0.39 is 36.9 Å². The molecular formula is C7H13NO5. The van der Waals surface area contributed by atoms with E-state index in [0.717, 1.165) is 0 Å². The van der Waals surface area contributed by atoms with E-state index in [1.165, 1.54) is 0 Å². The van der Waals surface area contributed by atoms with Crippen molar-refractivity contribution in [2.45, 2.75) is 24.2 Å². The van der Waals surface area contributed by atoms with Gasteiger partial charge < -0.3 is 25.7 Å². The van der Waals surface area contributed by atoms with Gasteiger partial charge in [0.05, 0.1) is 24.9 Å². The molecule has 2 atom stereocenters. The average molecular weight is 191 g/mol. The second-order valence-corrected chi connectivity index (χ2v) is 3.30. The van der Waals surface area contributed by atoms with Crippen molar-refractivity contribution in [3.05, 3.63) is 0 Å². The second-order valence-electron chi connectivity index (χ2n) is 3.30. The highest BCUT2D eigenvalue weighted by molar-refractivity contribution is 5.83. The van der Waals surface area contributed by atoms with E-state index in [1.807, 2.05) is 0 Å². The average Bonchev–Trinajstić information content (AvgIpc) is 2.13. The van der Waals surface area contributed by atoms with Gasteiger partial charge in [0.25, 0.3) is 5.91 Å². The van der Waals surface area contributed by atoms with Crippen LogP contribution in [0.25, 0.3) is 0 Å². The predicted octanol–water partition coefficient (Wildman–Crippen LogP) is -3.05. The number of rotatable bonds is 2. The Bertz CT molecular complexity index is 203. The quantitative estimate of drug-likeness (QED) is 0.318. The molecule has 1 amide bonds. The normalized spacial score (nSPS) is 32.8.